The van der Waals surface area contributed by atoms with Crippen LogP contribution in [-0.4, -0.2) is 22.8 Å². The lowest BCUT2D eigenvalue weighted by Crippen LogP contribution is -2.41. The average molecular weight is 422 g/mol. The fourth-order valence-electron chi connectivity index (χ4n) is 2.07. The number of hydrogen-bond donors (Lipinski definition) is 2. The number of carbonyl (C=O) groups is 2. The van der Waals surface area contributed by atoms with Gasteiger partial charge in [-0.2, -0.15) is 0 Å². The fourth-order valence-corrected chi connectivity index (χ4v) is 2.54. The van der Waals surface area contributed by atoms with Crippen molar-refractivity contribution in [2.24, 2.45) is 0 Å². The lowest BCUT2D eigenvalue weighted by molar-refractivity contribution is -0.385. The standard InChI is InChI=1S/C17H16BrN3O5/c1-10(2)26-15-8-7-11(9-13(15)18)16(22)19-20-17(23)12-5-3-4-6-14(12)21(24)25/h3-10H,1-2H3,(H,19,22)(H,20,23). The first kappa shape index (κ1) is 19.4. The number of nitro benzene ring substituents is 1. The number of rotatable bonds is 5. The molecule has 2 rings (SSSR count). The van der Waals surface area contributed by atoms with E-state index in [2.05, 4.69) is 26.8 Å². The Morgan fingerprint density at radius 1 is 1.12 bits per heavy atom. The molecular weight excluding hydrogens is 406 g/mol. The summed E-state index contributed by atoms with van der Waals surface area (Å²) in [6.07, 6.45) is -0.0214. The van der Waals surface area contributed by atoms with Gasteiger partial charge < -0.3 is 4.74 Å². The van der Waals surface area contributed by atoms with Crippen LogP contribution in [0.1, 0.15) is 34.6 Å². The second kappa shape index (κ2) is 8.43. The van der Waals surface area contributed by atoms with Crippen molar-refractivity contribution in [2.45, 2.75) is 20.0 Å². The van der Waals surface area contributed by atoms with Crippen LogP contribution in [0.25, 0.3) is 0 Å². The van der Waals surface area contributed by atoms with Gasteiger partial charge in [0.1, 0.15) is 11.3 Å². The summed E-state index contributed by atoms with van der Waals surface area (Å²) in [5, 5.41) is 11.0. The molecule has 0 aliphatic heterocycles. The molecule has 2 aromatic carbocycles. The second-order valence-corrected chi connectivity index (χ2v) is 6.35. The summed E-state index contributed by atoms with van der Waals surface area (Å²) in [6.45, 7) is 3.76. The summed E-state index contributed by atoms with van der Waals surface area (Å²) in [5.41, 5.74) is 4.17. The number of nitro groups is 1. The monoisotopic (exact) mass is 421 g/mol. The van der Waals surface area contributed by atoms with Crippen molar-refractivity contribution in [3.8, 4) is 5.75 Å². The summed E-state index contributed by atoms with van der Waals surface area (Å²) >= 11 is 3.32. The Morgan fingerprint density at radius 3 is 2.38 bits per heavy atom. The van der Waals surface area contributed by atoms with Crippen LogP contribution in [-0.2, 0) is 0 Å². The molecule has 0 unspecified atom stereocenters. The summed E-state index contributed by atoms with van der Waals surface area (Å²) < 4.78 is 6.15. The van der Waals surface area contributed by atoms with Crippen LogP contribution in [0, 0.1) is 10.1 Å². The molecule has 2 amide bonds. The highest BCUT2D eigenvalue weighted by atomic mass is 79.9. The van der Waals surface area contributed by atoms with E-state index in [0.29, 0.717) is 10.2 Å². The third-order valence-electron chi connectivity index (χ3n) is 3.19. The predicted molar refractivity (Wildman–Crippen MR) is 97.9 cm³/mol. The van der Waals surface area contributed by atoms with Crippen LogP contribution in [0.5, 0.6) is 5.75 Å². The average Bonchev–Trinajstić information content (AvgIpc) is 2.60. The Morgan fingerprint density at radius 2 is 1.77 bits per heavy atom. The lowest BCUT2D eigenvalue weighted by atomic mass is 10.2. The Labute approximate surface area is 157 Å². The number of amides is 2. The topological polar surface area (TPSA) is 111 Å². The van der Waals surface area contributed by atoms with E-state index in [1.165, 1.54) is 30.3 Å². The molecule has 0 spiro atoms. The molecule has 2 aromatic rings. The minimum Gasteiger partial charge on any atom is -0.490 e. The van der Waals surface area contributed by atoms with Crippen LogP contribution in [0.3, 0.4) is 0 Å². The van der Waals surface area contributed by atoms with Crippen LogP contribution >= 0.6 is 15.9 Å². The summed E-state index contributed by atoms with van der Waals surface area (Å²) in [7, 11) is 0. The molecule has 2 N–H and O–H groups in total. The molecule has 0 radical (unpaired) electrons. The number of hydrogen-bond acceptors (Lipinski definition) is 5. The number of para-hydroxylation sites is 1. The highest BCUT2D eigenvalue weighted by molar-refractivity contribution is 9.10. The summed E-state index contributed by atoms with van der Waals surface area (Å²) in [6, 6.07) is 10.2. The van der Waals surface area contributed by atoms with E-state index in [0.717, 1.165) is 0 Å². The van der Waals surface area contributed by atoms with E-state index in [1.807, 2.05) is 13.8 Å². The molecule has 0 saturated heterocycles. The quantitative estimate of drug-likeness (QED) is 0.568. The van der Waals surface area contributed by atoms with Gasteiger partial charge in [0, 0.05) is 11.6 Å². The second-order valence-electron chi connectivity index (χ2n) is 5.49. The number of nitrogens with zero attached hydrogens (tertiary/aromatic N) is 1. The maximum absolute atomic E-state index is 12.2. The molecule has 0 aromatic heterocycles. The molecule has 0 aliphatic rings. The Kier molecular flexibility index (Phi) is 6.29. The van der Waals surface area contributed by atoms with Gasteiger partial charge in [-0.3, -0.25) is 30.6 Å². The first-order valence-corrected chi connectivity index (χ1v) is 8.39. The van der Waals surface area contributed by atoms with Crippen molar-refractivity contribution < 1.29 is 19.2 Å². The molecule has 0 fully saturated rings. The van der Waals surface area contributed by atoms with Crippen LogP contribution in [0.4, 0.5) is 5.69 Å². The van der Waals surface area contributed by atoms with Crippen LogP contribution < -0.4 is 15.6 Å². The lowest BCUT2D eigenvalue weighted by Gasteiger charge is -2.13. The van der Waals surface area contributed by atoms with E-state index in [9.17, 15) is 19.7 Å². The maximum atomic E-state index is 12.2. The van der Waals surface area contributed by atoms with Crippen molar-refractivity contribution in [1.82, 2.24) is 10.9 Å². The van der Waals surface area contributed by atoms with Crippen LogP contribution in [0.2, 0.25) is 0 Å². The molecule has 0 heterocycles. The van der Waals surface area contributed by atoms with Gasteiger partial charge in [-0.05, 0) is 54.0 Å². The van der Waals surface area contributed by atoms with E-state index >= 15 is 0 Å². The van der Waals surface area contributed by atoms with Crippen molar-refractivity contribution >= 4 is 33.4 Å². The summed E-state index contributed by atoms with van der Waals surface area (Å²) in [5.74, 6) is -0.779. The molecule has 0 aliphatic carbocycles. The minimum atomic E-state index is -0.788. The van der Waals surface area contributed by atoms with Gasteiger partial charge in [-0.25, -0.2) is 0 Å². The van der Waals surface area contributed by atoms with Gasteiger partial charge in [0.25, 0.3) is 17.5 Å². The number of halogens is 1. The highest BCUT2D eigenvalue weighted by Gasteiger charge is 2.19. The number of hydrazine groups is 1. The zero-order chi connectivity index (χ0) is 19.3. The van der Waals surface area contributed by atoms with Gasteiger partial charge >= 0.3 is 0 Å². The maximum Gasteiger partial charge on any atom is 0.282 e. The van der Waals surface area contributed by atoms with Gasteiger partial charge in [-0.15, -0.1) is 0 Å². The third-order valence-corrected chi connectivity index (χ3v) is 3.81. The largest absolute Gasteiger partial charge is 0.490 e. The first-order chi connectivity index (χ1) is 12.3. The van der Waals surface area contributed by atoms with E-state index in [-0.39, 0.29) is 22.9 Å². The Bertz CT molecular complexity index is 854. The fraction of sp³-hybridized carbons (Fsp3) is 0.176. The Balaban J connectivity index is 2.06. The van der Waals surface area contributed by atoms with E-state index in [1.54, 1.807) is 12.1 Å². The molecule has 8 nitrogen and oxygen atoms in total. The van der Waals surface area contributed by atoms with Crippen molar-refractivity contribution in [3.05, 3.63) is 68.2 Å². The van der Waals surface area contributed by atoms with Crippen molar-refractivity contribution in [3.63, 3.8) is 0 Å². The van der Waals surface area contributed by atoms with Crippen molar-refractivity contribution in [2.75, 3.05) is 0 Å². The van der Waals surface area contributed by atoms with Gasteiger partial charge in [0.15, 0.2) is 0 Å². The van der Waals surface area contributed by atoms with Gasteiger partial charge in [0.2, 0.25) is 0 Å². The zero-order valence-corrected chi connectivity index (χ0v) is 15.6. The number of benzene rings is 2. The molecule has 0 saturated carbocycles. The molecular formula is C17H16BrN3O5. The molecule has 9 heteroatoms. The minimum absolute atomic E-state index is 0.0214. The SMILES string of the molecule is CC(C)Oc1ccc(C(=O)NNC(=O)c2ccccc2[N+](=O)[O-])cc1Br. The number of carbonyl (C=O) groups excluding carboxylic acids is 2. The number of ether oxygens (including phenoxy) is 1. The van der Waals surface area contributed by atoms with E-state index < -0.39 is 16.7 Å². The molecule has 0 bridgehead atoms. The number of nitrogens with one attached hydrogen (secondary N) is 2. The predicted octanol–water partition coefficient (Wildman–Crippen LogP) is 3.22. The first-order valence-electron chi connectivity index (χ1n) is 7.60. The van der Waals surface area contributed by atoms with Gasteiger partial charge in [-0.1, -0.05) is 12.1 Å². The molecule has 136 valence electrons. The smallest absolute Gasteiger partial charge is 0.282 e. The van der Waals surface area contributed by atoms with Gasteiger partial charge in [0.05, 0.1) is 15.5 Å². The third kappa shape index (κ3) is 4.79. The summed E-state index contributed by atoms with van der Waals surface area (Å²) in [4.78, 5) is 34.5. The van der Waals surface area contributed by atoms with E-state index in [4.69, 9.17) is 4.74 Å². The van der Waals surface area contributed by atoms with Crippen molar-refractivity contribution in [1.29, 1.82) is 0 Å². The highest BCUT2D eigenvalue weighted by Crippen LogP contribution is 2.27. The normalized spacial score (nSPS) is 10.3. The van der Waals surface area contributed by atoms with Crippen LogP contribution in [0.15, 0.2) is 46.9 Å². The molecule has 0 atom stereocenters. The molecule has 26 heavy (non-hydrogen) atoms. The zero-order valence-electron chi connectivity index (χ0n) is 14.0. The Hall–Kier alpha value is -2.94.